The Morgan fingerprint density at radius 2 is 1.92 bits per heavy atom. The zero-order chi connectivity index (χ0) is 17.7. The zero-order valence-electron chi connectivity index (χ0n) is 13.2. The minimum absolute atomic E-state index is 0.00829. The molecule has 0 spiro atoms. The van der Waals surface area contributed by atoms with Crippen LogP contribution in [0.15, 0.2) is 47.4 Å². The van der Waals surface area contributed by atoms with E-state index in [2.05, 4.69) is 10.0 Å². The lowest BCUT2D eigenvalue weighted by atomic mass is 10.2. The molecule has 0 fully saturated rings. The second kappa shape index (κ2) is 7.41. The lowest BCUT2D eigenvalue weighted by molar-refractivity contribution is 0.0950. The molecule has 0 aliphatic carbocycles. The van der Waals surface area contributed by atoms with E-state index in [0.29, 0.717) is 5.56 Å². The van der Waals surface area contributed by atoms with Crippen LogP contribution < -0.4 is 14.8 Å². The van der Waals surface area contributed by atoms with E-state index in [9.17, 15) is 17.6 Å². The molecule has 0 heterocycles. The normalized spacial score (nSPS) is 11.1. The van der Waals surface area contributed by atoms with E-state index >= 15 is 0 Å². The molecule has 0 aromatic heterocycles. The summed E-state index contributed by atoms with van der Waals surface area (Å²) >= 11 is 0. The number of amides is 1. The molecule has 0 unspecified atom stereocenters. The molecular weight excluding hydrogens is 335 g/mol. The lowest BCUT2D eigenvalue weighted by Gasteiger charge is -2.11. The van der Waals surface area contributed by atoms with Crippen molar-refractivity contribution in [2.24, 2.45) is 0 Å². The van der Waals surface area contributed by atoms with Crippen molar-refractivity contribution in [3.8, 4) is 5.75 Å². The summed E-state index contributed by atoms with van der Waals surface area (Å²) in [5, 5.41) is 2.56. The topological polar surface area (TPSA) is 84.5 Å². The highest BCUT2D eigenvalue weighted by molar-refractivity contribution is 7.89. The second-order valence-corrected chi connectivity index (χ2v) is 6.70. The van der Waals surface area contributed by atoms with Gasteiger partial charge >= 0.3 is 0 Å². The molecule has 2 aromatic rings. The summed E-state index contributed by atoms with van der Waals surface area (Å²) in [5.74, 6) is -0.825. The van der Waals surface area contributed by atoms with Crippen LogP contribution in [0.4, 0.5) is 4.39 Å². The van der Waals surface area contributed by atoms with Gasteiger partial charge in [0.25, 0.3) is 5.91 Å². The fourth-order valence-electron chi connectivity index (χ4n) is 2.06. The minimum atomic E-state index is -3.79. The number of halogens is 1. The van der Waals surface area contributed by atoms with Gasteiger partial charge in [-0.25, -0.2) is 17.5 Å². The third-order valence-electron chi connectivity index (χ3n) is 3.38. The van der Waals surface area contributed by atoms with E-state index < -0.39 is 21.7 Å². The first-order valence-electron chi connectivity index (χ1n) is 7.02. The highest BCUT2D eigenvalue weighted by Crippen LogP contribution is 2.24. The SMILES string of the molecule is CNS(=O)(=O)c1cc(C(=O)NCc2ccccc2F)ccc1OC. The molecule has 1 amide bonds. The number of ether oxygens (including phenoxy) is 1. The van der Waals surface area contributed by atoms with Crippen molar-refractivity contribution in [2.45, 2.75) is 11.4 Å². The Balaban J connectivity index is 2.24. The van der Waals surface area contributed by atoms with Crippen LogP contribution in [0.25, 0.3) is 0 Å². The number of hydrogen-bond acceptors (Lipinski definition) is 4. The third-order valence-corrected chi connectivity index (χ3v) is 4.82. The highest BCUT2D eigenvalue weighted by Gasteiger charge is 2.20. The summed E-state index contributed by atoms with van der Waals surface area (Å²) in [6.07, 6.45) is 0. The maximum Gasteiger partial charge on any atom is 0.251 e. The molecule has 0 atom stereocenters. The van der Waals surface area contributed by atoms with Crippen LogP contribution in [0.1, 0.15) is 15.9 Å². The van der Waals surface area contributed by atoms with Crippen molar-refractivity contribution in [1.82, 2.24) is 10.0 Å². The predicted molar refractivity (Wildman–Crippen MR) is 86.8 cm³/mol. The monoisotopic (exact) mass is 352 g/mol. The summed E-state index contributed by atoms with van der Waals surface area (Å²) in [6, 6.07) is 10.1. The van der Waals surface area contributed by atoms with Crippen molar-refractivity contribution < 1.29 is 22.3 Å². The number of benzene rings is 2. The van der Waals surface area contributed by atoms with E-state index in [-0.39, 0.29) is 22.8 Å². The molecule has 6 nitrogen and oxygen atoms in total. The molecule has 24 heavy (non-hydrogen) atoms. The van der Waals surface area contributed by atoms with Gasteiger partial charge in [-0.05, 0) is 31.3 Å². The number of nitrogens with one attached hydrogen (secondary N) is 2. The lowest BCUT2D eigenvalue weighted by Crippen LogP contribution is -2.24. The molecule has 2 rings (SSSR count). The maximum atomic E-state index is 13.6. The van der Waals surface area contributed by atoms with Gasteiger partial charge in [0, 0.05) is 17.7 Å². The molecule has 128 valence electrons. The quantitative estimate of drug-likeness (QED) is 0.828. The Hall–Kier alpha value is -2.45. The Kier molecular flexibility index (Phi) is 5.53. The average Bonchev–Trinajstić information content (AvgIpc) is 2.60. The summed E-state index contributed by atoms with van der Waals surface area (Å²) in [6.45, 7) is -0.00829. The van der Waals surface area contributed by atoms with Gasteiger partial charge in [0.1, 0.15) is 16.5 Å². The van der Waals surface area contributed by atoms with Gasteiger partial charge in [-0.15, -0.1) is 0 Å². The summed E-state index contributed by atoms with van der Waals surface area (Å²) in [7, 11) is -1.19. The van der Waals surface area contributed by atoms with Gasteiger partial charge in [-0.1, -0.05) is 18.2 Å². The van der Waals surface area contributed by atoms with Gasteiger partial charge in [0.2, 0.25) is 10.0 Å². The van der Waals surface area contributed by atoms with Crippen LogP contribution >= 0.6 is 0 Å². The number of carbonyl (C=O) groups is 1. The molecule has 0 aliphatic rings. The summed E-state index contributed by atoms with van der Waals surface area (Å²) < 4.78 is 44.8. The maximum absolute atomic E-state index is 13.6. The molecule has 2 aromatic carbocycles. The van der Waals surface area contributed by atoms with Gasteiger partial charge in [-0.2, -0.15) is 0 Å². The smallest absolute Gasteiger partial charge is 0.251 e. The molecular formula is C16H17FN2O4S. The fourth-order valence-corrected chi connectivity index (χ4v) is 2.98. The first-order chi connectivity index (χ1) is 11.4. The largest absolute Gasteiger partial charge is 0.495 e. The number of hydrogen-bond donors (Lipinski definition) is 2. The Morgan fingerprint density at radius 1 is 1.21 bits per heavy atom. The van der Waals surface area contributed by atoms with Crippen LogP contribution in [0.5, 0.6) is 5.75 Å². The van der Waals surface area contributed by atoms with Gasteiger partial charge in [0.15, 0.2) is 0 Å². The Bertz CT molecular complexity index is 853. The van der Waals surface area contributed by atoms with Crippen molar-refractivity contribution in [3.63, 3.8) is 0 Å². The number of rotatable bonds is 6. The third kappa shape index (κ3) is 3.90. The van der Waals surface area contributed by atoms with Gasteiger partial charge in [0.05, 0.1) is 7.11 Å². The van der Waals surface area contributed by atoms with Gasteiger partial charge < -0.3 is 10.1 Å². The van der Waals surface area contributed by atoms with Crippen molar-refractivity contribution >= 4 is 15.9 Å². The van der Waals surface area contributed by atoms with Crippen LogP contribution in [0.2, 0.25) is 0 Å². The van der Waals surface area contributed by atoms with E-state index in [4.69, 9.17) is 4.74 Å². The molecule has 0 bridgehead atoms. The zero-order valence-corrected chi connectivity index (χ0v) is 14.0. The molecule has 2 N–H and O–H groups in total. The van der Waals surface area contributed by atoms with Crippen LogP contribution in [-0.2, 0) is 16.6 Å². The predicted octanol–water partition coefficient (Wildman–Crippen LogP) is 1.67. The van der Waals surface area contributed by atoms with Crippen molar-refractivity contribution in [2.75, 3.05) is 14.2 Å². The number of sulfonamides is 1. The number of methoxy groups -OCH3 is 1. The molecule has 0 saturated carbocycles. The van der Waals surface area contributed by atoms with E-state index in [1.54, 1.807) is 18.2 Å². The first kappa shape index (κ1) is 17.9. The van der Waals surface area contributed by atoms with E-state index in [1.165, 1.54) is 38.4 Å². The standard InChI is InChI=1S/C16H17FN2O4S/c1-18-24(21,22)15-9-11(7-8-14(15)23-2)16(20)19-10-12-5-3-4-6-13(12)17/h3-9,18H,10H2,1-2H3,(H,19,20). The molecule has 0 saturated heterocycles. The van der Waals surface area contributed by atoms with Crippen LogP contribution in [0, 0.1) is 5.82 Å². The molecule has 0 aliphatic heterocycles. The van der Waals surface area contributed by atoms with Gasteiger partial charge in [-0.3, -0.25) is 4.79 Å². The number of carbonyl (C=O) groups excluding carboxylic acids is 1. The summed E-state index contributed by atoms with van der Waals surface area (Å²) in [5.41, 5.74) is 0.461. The average molecular weight is 352 g/mol. The van der Waals surface area contributed by atoms with Crippen molar-refractivity contribution in [3.05, 3.63) is 59.4 Å². The fraction of sp³-hybridized carbons (Fsp3) is 0.188. The Labute approximate surface area is 139 Å². The molecule has 0 radical (unpaired) electrons. The first-order valence-corrected chi connectivity index (χ1v) is 8.50. The van der Waals surface area contributed by atoms with E-state index in [1.807, 2.05) is 0 Å². The van der Waals surface area contributed by atoms with Crippen LogP contribution in [0.3, 0.4) is 0 Å². The Morgan fingerprint density at radius 3 is 2.54 bits per heavy atom. The highest BCUT2D eigenvalue weighted by atomic mass is 32.2. The minimum Gasteiger partial charge on any atom is -0.495 e. The van der Waals surface area contributed by atoms with Crippen molar-refractivity contribution in [1.29, 1.82) is 0 Å². The van der Waals surface area contributed by atoms with Crippen LogP contribution in [-0.4, -0.2) is 28.5 Å². The summed E-state index contributed by atoms with van der Waals surface area (Å²) in [4.78, 5) is 12.1. The van der Waals surface area contributed by atoms with E-state index in [0.717, 1.165) is 0 Å². The molecule has 8 heteroatoms. The second-order valence-electron chi connectivity index (χ2n) is 4.85.